The number of rotatable bonds is 5. The van der Waals surface area contributed by atoms with E-state index in [1.165, 1.54) is 6.33 Å². The number of hydrogen-bond donors (Lipinski definition) is 3. The fourth-order valence-electron chi connectivity index (χ4n) is 2.42. The number of nitrogens with zero attached hydrogens (tertiary/aromatic N) is 2. The standard InChI is InChI=1S/C19H18N4O2/c1-12-7-8-13(2)16(9-12)23-18-10-17(20-11-21-18)22-15-6-4-3-5-14(15)19(24)25/h3-11H,1-2H3,(H,24,25)(H2,20,21,22,23). The highest BCUT2D eigenvalue weighted by molar-refractivity contribution is 5.95. The number of carboxylic acid groups (broad SMARTS) is 1. The summed E-state index contributed by atoms with van der Waals surface area (Å²) in [5, 5.41) is 15.6. The van der Waals surface area contributed by atoms with Gasteiger partial charge in [-0.05, 0) is 43.2 Å². The van der Waals surface area contributed by atoms with Crippen molar-refractivity contribution in [1.29, 1.82) is 0 Å². The number of nitrogens with one attached hydrogen (secondary N) is 2. The summed E-state index contributed by atoms with van der Waals surface area (Å²) in [6, 6.07) is 14.6. The average molecular weight is 334 g/mol. The van der Waals surface area contributed by atoms with E-state index in [1.807, 2.05) is 26.0 Å². The van der Waals surface area contributed by atoms with Crippen molar-refractivity contribution in [2.24, 2.45) is 0 Å². The number of aryl methyl sites for hydroxylation is 2. The number of anilines is 4. The molecule has 0 amide bonds. The molecule has 0 bridgehead atoms. The van der Waals surface area contributed by atoms with Gasteiger partial charge in [0, 0.05) is 11.8 Å². The summed E-state index contributed by atoms with van der Waals surface area (Å²) in [4.78, 5) is 19.7. The summed E-state index contributed by atoms with van der Waals surface area (Å²) in [7, 11) is 0. The molecule has 0 aliphatic carbocycles. The number of benzene rings is 2. The van der Waals surface area contributed by atoms with Crippen LogP contribution in [0.5, 0.6) is 0 Å². The number of hydrogen-bond acceptors (Lipinski definition) is 5. The van der Waals surface area contributed by atoms with Gasteiger partial charge in [-0.15, -0.1) is 0 Å². The molecule has 3 rings (SSSR count). The van der Waals surface area contributed by atoms with E-state index in [9.17, 15) is 9.90 Å². The molecule has 0 saturated carbocycles. The van der Waals surface area contributed by atoms with Gasteiger partial charge in [0.2, 0.25) is 0 Å². The second-order valence-corrected chi connectivity index (χ2v) is 5.71. The molecule has 0 aliphatic rings. The van der Waals surface area contributed by atoms with E-state index in [0.717, 1.165) is 16.8 Å². The zero-order chi connectivity index (χ0) is 17.8. The first-order valence-electron chi connectivity index (χ1n) is 7.78. The largest absolute Gasteiger partial charge is 0.478 e. The minimum atomic E-state index is -0.995. The Balaban J connectivity index is 1.85. The van der Waals surface area contributed by atoms with E-state index in [1.54, 1.807) is 30.3 Å². The number of aromatic nitrogens is 2. The first-order valence-corrected chi connectivity index (χ1v) is 7.78. The molecule has 25 heavy (non-hydrogen) atoms. The summed E-state index contributed by atoms with van der Waals surface area (Å²) in [5.41, 5.74) is 3.89. The van der Waals surface area contributed by atoms with Crippen molar-refractivity contribution >= 4 is 29.0 Å². The molecule has 0 saturated heterocycles. The molecule has 0 fully saturated rings. The number of carbonyl (C=O) groups is 1. The Labute approximate surface area is 145 Å². The quantitative estimate of drug-likeness (QED) is 0.645. The zero-order valence-electron chi connectivity index (χ0n) is 13.9. The molecule has 0 atom stereocenters. The SMILES string of the molecule is Cc1ccc(C)c(Nc2cc(Nc3ccccc3C(=O)O)ncn2)c1. The van der Waals surface area contributed by atoms with Gasteiger partial charge in [0.25, 0.3) is 0 Å². The summed E-state index contributed by atoms with van der Waals surface area (Å²) in [5.74, 6) is 0.140. The minimum Gasteiger partial charge on any atom is -0.478 e. The number of carboxylic acids is 1. The summed E-state index contributed by atoms with van der Waals surface area (Å²) in [6.45, 7) is 4.05. The van der Waals surface area contributed by atoms with Crippen LogP contribution in [-0.2, 0) is 0 Å². The molecule has 3 aromatic rings. The first kappa shape index (κ1) is 16.4. The van der Waals surface area contributed by atoms with Gasteiger partial charge in [-0.1, -0.05) is 24.3 Å². The van der Waals surface area contributed by atoms with Crippen LogP contribution in [0.4, 0.5) is 23.0 Å². The number of aromatic carboxylic acids is 1. The van der Waals surface area contributed by atoms with Crippen LogP contribution in [-0.4, -0.2) is 21.0 Å². The van der Waals surface area contributed by atoms with E-state index in [4.69, 9.17) is 0 Å². The lowest BCUT2D eigenvalue weighted by Crippen LogP contribution is -2.04. The third-order valence-electron chi connectivity index (χ3n) is 3.74. The van der Waals surface area contributed by atoms with Gasteiger partial charge in [-0.3, -0.25) is 0 Å². The number of para-hydroxylation sites is 1. The van der Waals surface area contributed by atoms with Crippen molar-refractivity contribution < 1.29 is 9.90 Å². The van der Waals surface area contributed by atoms with E-state index in [2.05, 4.69) is 26.7 Å². The molecular weight excluding hydrogens is 316 g/mol. The van der Waals surface area contributed by atoms with Crippen LogP contribution in [0, 0.1) is 13.8 Å². The average Bonchev–Trinajstić information content (AvgIpc) is 2.59. The molecule has 0 spiro atoms. The van der Waals surface area contributed by atoms with E-state index >= 15 is 0 Å². The summed E-state index contributed by atoms with van der Waals surface area (Å²) in [6.07, 6.45) is 1.43. The maximum Gasteiger partial charge on any atom is 0.337 e. The van der Waals surface area contributed by atoms with Crippen molar-refractivity contribution in [3.8, 4) is 0 Å². The van der Waals surface area contributed by atoms with Gasteiger partial charge in [0.1, 0.15) is 18.0 Å². The highest BCUT2D eigenvalue weighted by atomic mass is 16.4. The van der Waals surface area contributed by atoms with Crippen LogP contribution in [0.2, 0.25) is 0 Å². The maximum absolute atomic E-state index is 11.3. The Hall–Kier alpha value is -3.41. The van der Waals surface area contributed by atoms with Crippen molar-refractivity contribution in [2.75, 3.05) is 10.6 Å². The second-order valence-electron chi connectivity index (χ2n) is 5.71. The molecule has 6 nitrogen and oxygen atoms in total. The van der Waals surface area contributed by atoms with Crippen LogP contribution < -0.4 is 10.6 Å². The van der Waals surface area contributed by atoms with Crippen LogP contribution in [0.1, 0.15) is 21.5 Å². The molecule has 3 N–H and O–H groups in total. The van der Waals surface area contributed by atoms with Crippen molar-refractivity contribution in [3.63, 3.8) is 0 Å². The molecule has 126 valence electrons. The van der Waals surface area contributed by atoms with Crippen LogP contribution >= 0.6 is 0 Å². The Morgan fingerprint density at radius 1 is 0.920 bits per heavy atom. The highest BCUT2D eigenvalue weighted by Crippen LogP contribution is 2.24. The Bertz CT molecular complexity index is 925. The van der Waals surface area contributed by atoms with Gasteiger partial charge in [-0.2, -0.15) is 0 Å². The van der Waals surface area contributed by atoms with E-state index in [-0.39, 0.29) is 5.56 Å². The van der Waals surface area contributed by atoms with E-state index in [0.29, 0.717) is 17.3 Å². The molecule has 0 aliphatic heterocycles. The summed E-state index contributed by atoms with van der Waals surface area (Å²) < 4.78 is 0. The molecular formula is C19H18N4O2. The van der Waals surface area contributed by atoms with Gasteiger partial charge in [-0.25, -0.2) is 14.8 Å². The predicted molar refractivity (Wildman–Crippen MR) is 97.9 cm³/mol. The van der Waals surface area contributed by atoms with Crippen LogP contribution in [0.25, 0.3) is 0 Å². The van der Waals surface area contributed by atoms with Crippen molar-refractivity contribution in [3.05, 3.63) is 71.5 Å². The van der Waals surface area contributed by atoms with Crippen LogP contribution in [0.3, 0.4) is 0 Å². The van der Waals surface area contributed by atoms with Gasteiger partial charge in [0.05, 0.1) is 11.3 Å². The smallest absolute Gasteiger partial charge is 0.337 e. The van der Waals surface area contributed by atoms with Crippen molar-refractivity contribution in [2.45, 2.75) is 13.8 Å². The first-order chi connectivity index (χ1) is 12.0. The molecule has 0 radical (unpaired) electrons. The monoisotopic (exact) mass is 334 g/mol. The Morgan fingerprint density at radius 2 is 1.60 bits per heavy atom. The van der Waals surface area contributed by atoms with Gasteiger partial charge >= 0.3 is 5.97 Å². The van der Waals surface area contributed by atoms with Gasteiger partial charge in [0.15, 0.2) is 0 Å². The molecule has 0 unspecified atom stereocenters. The topological polar surface area (TPSA) is 87.1 Å². The lowest BCUT2D eigenvalue weighted by molar-refractivity contribution is 0.0698. The fraction of sp³-hybridized carbons (Fsp3) is 0.105. The van der Waals surface area contributed by atoms with Crippen molar-refractivity contribution in [1.82, 2.24) is 9.97 Å². The normalized spacial score (nSPS) is 10.3. The molecule has 2 aromatic carbocycles. The predicted octanol–water partition coefficient (Wildman–Crippen LogP) is 4.28. The third-order valence-corrected chi connectivity index (χ3v) is 3.74. The summed E-state index contributed by atoms with van der Waals surface area (Å²) >= 11 is 0. The van der Waals surface area contributed by atoms with E-state index < -0.39 is 5.97 Å². The Kier molecular flexibility index (Phi) is 4.61. The molecule has 6 heteroatoms. The fourth-order valence-corrected chi connectivity index (χ4v) is 2.42. The lowest BCUT2D eigenvalue weighted by atomic mass is 10.1. The minimum absolute atomic E-state index is 0.185. The zero-order valence-corrected chi connectivity index (χ0v) is 13.9. The molecule has 1 aromatic heterocycles. The van der Waals surface area contributed by atoms with Gasteiger partial charge < -0.3 is 15.7 Å². The molecule has 1 heterocycles. The maximum atomic E-state index is 11.3. The Morgan fingerprint density at radius 3 is 2.32 bits per heavy atom. The lowest BCUT2D eigenvalue weighted by Gasteiger charge is -2.12. The second kappa shape index (κ2) is 7.00. The highest BCUT2D eigenvalue weighted by Gasteiger charge is 2.10. The third kappa shape index (κ3) is 3.92. The van der Waals surface area contributed by atoms with Crippen LogP contribution in [0.15, 0.2) is 54.9 Å².